The van der Waals surface area contributed by atoms with Crippen molar-refractivity contribution in [3.05, 3.63) is 11.6 Å². The molecule has 5 rings (SSSR count). The lowest BCUT2D eigenvalue weighted by molar-refractivity contribution is -0.243. The molecular weight excluding hydrogens is 516 g/mol. The number of fused-ring (bicyclic) bond motifs is 3. The molecule has 0 radical (unpaired) electrons. The number of hydrogen-bond donors (Lipinski definition) is 3. The number of ether oxygens (including phenoxy) is 2. The zero-order chi connectivity index (χ0) is 30.2. The summed E-state index contributed by atoms with van der Waals surface area (Å²) in [4.78, 5) is 25.7. The molecule has 0 unspecified atom stereocenters. The van der Waals surface area contributed by atoms with Crippen molar-refractivity contribution in [3.8, 4) is 0 Å². The molecule has 1 aliphatic heterocycles. The number of carbonyl (C=O) groups excluding carboxylic acids is 1. The van der Waals surface area contributed by atoms with Crippen LogP contribution in [0.4, 0.5) is 0 Å². The Morgan fingerprint density at radius 2 is 1.83 bits per heavy atom. The highest BCUT2D eigenvalue weighted by Gasteiger charge is 2.71. The Balaban J connectivity index is 1.60. The number of allylic oxidation sites excluding steroid dienone is 1. The average Bonchev–Trinajstić information content (AvgIpc) is 2.88. The second-order valence-electron chi connectivity index (χ2n) is 15.9. The molecule has 1 heterocycles. The number of carboxylic acid groups (broad SMARTS) is 1. The summed E-state index contributed by atoms with van der Waals surface area (Å²) in [6.45, 7) is 19.8. The number of rotatable bonds is 7. The highest BCUT2D eigenvalue weighted by atomic mass is 16.5. The first-order valence-electron chi connectivity index (χ1n) is 16.2. The molecule has 1 saturated heterocycles. The summed E-state index contributed by atoms with van der Waals surface area (Å²) in [7, 11) is 0. The van der Waals surface area contributed by atoms with E-state index >= 15 is 0 Å². The van der Waals surface area contributed by atoms with E-state index in [1.165, 1.54) is 5.57 Å². The molecule has 1 amide bonds. The van der Waals surface area contributed by atoms with Crippen LogP contribution in [-0.4, -0.2) is 55.5 Å². The van der Waals surface area contributed by atoms with E-state index in [0.717, 1.165) is 38.5 Å². The van der Waals surface area contributed by atoms with E-state index in [9.17, 15) is 14.7 Å². The van der Waals surface area contributed by atoms with Crippen molar-refractivity contribution in [2.24, 2.45) is 62.4 Å². The maximum atomic E-state index is 13.3. The molecule has 2 bridgehead atoms. The minimum atomic E-state index is -0.631. The summed E-state index contributed by atoms with van der Waals surface area (Å²) in [5.74, 6) is 0.375. The number of carboxylic acids is 1. The van der Waals surface area contributed by atoms with Crippen LogP contribution in [0.5, 0.6) is 0 Å². The lowest BCUT2D eigenvalue weighted by Gasteiger charge is -2.71. The van der Waals surface area contributed by atoms with Crippen LogP contribution in [0, 0.1) is 56.7 Å². The SMILES string of the molecule is CC(=O)N[C@@H]1C[C@@]23COC[C@@](C)([C@@H]2CC[C@H]2C3=CC[C@@]3(C)[C@H](C(=O)O)[C@@](C)([C@H](C)C(C)C)CC[C@]23C)[C@H]1OCCN. The third-order valence-corrected chi connectivity index (χ3v) is 13.9. The lowest BCUT2D eigenvalue weighted by Crippen LogP contribution is -2.71. The highest BCUT2D eigenvalue weighted by Crippen LogP contribution is 2.74. The summed E-state index contributed by atoms with van der Waals surface area (Å²) in [6.07, 6.45) is 7.99. The summed E-state index contributed by atoms with van der Waals surface area (Å²) in [5.41, 5.74) is 6.20. The van der Waals surface area contributed by atoms with Gasteiger partial charge in [0, 0.05) is 24.3 Å². The molecular formula is C34H56N2O5. The fraction of sp³-hybridized carbons (Fsp3) is 0.882. The van der Waals surface area contributed by atoms with Gasteiger partial charge in [0.15, 0.2) is 0 Å². The van der Waals surface area contributed by atoms with Gasteiger partial charge in [0.25, 0.3) is 0 Å². The van der Waals surface area contributed by atoms with Crippen molar-refractivity contribution in [2.75, 3.05) is 26.4 Å². The van der Waals surface area contributed by atoms with Crippen LogP contribution in [0.2, 0.25) is 0 Å². The van der Waals surface area contributed by atoms with Gasteiger partial charge in [-0.05, 0) is 78.4 Å². The fourth-order valence-electron chi connectivity index (χ4n) is 11.5. The third kappa shape index (κ3) is 4.22. The van der Waals surface area contributed by atoms with Crippen molar-refractivity contribution in [3.63, 3.8) is 0 Å². The van der Waals surface area contributed by atoms with Gasteiger partial charge in [-0.15, -0.1) is 0 Å². The molecule has 232 valence electrons. The van der Waals surface area contributed by atoms with Gasteiger partial charge in [-0.2, -0.15) is 0 Å². The summed E-state index contributed by atoms with van der Waals surface area (Å²) in [6, 6.07) is -0.113. The van der Waals surface area contributed by atoms with E-state index in [1.807, 2.05) is 0 Å². The minimum Gasteiger partial charge on any atom is -0.481 e. The van der Waals surface area contributed by atoms with E-state index in [4.69, 9.17) is 15.2 Å². The second kappa shape index (κ2) is 10.3. The maximum absolute atomic E-state index is 13.3. The highest BCUT2D eigenvalue weighted by molar-refractivity contribution is 5.74. The van der Waals surface area contributed by atoms with E-state index in [0.29, 0.717) is 50.0 Å². The van der Waals surface area contributed by atoms with Crippen LogP contribution in [-0.2, 0) is 19.1 Å². The Hall–Kier alpha value is -1.44. The second-order valence-corrected chi connectivity index (χ2v) is 15.9. The molecule has 3 saturated carbocycles. The van der Waals surface area contributed by atoms with E-state index in [1.54, 1.807) is 6.92 Å². The van der Waals surface area contributed by atoms with Crippen molar-refractivity contribution in [1.82, 2.24) is 5.32 Å². The summed E-state index contributed by atoms with van der Waals surface area (Å²) >= 11 is 0. The predicted octanol–water partition coefficient (Wildman–Crippen LogP) is 5.42. The molecule has 7 heteroatoms. The number of nitrogens with two attached hydrogens (primary N) is 1. The molecule has 11 atom stereocenters. The molecule has 0 aromatic rings. The molecule has 0 spiro atoms. The number of aliphatic carboxylic acids is 1. The third-order valence-electron chi connectivity index (χ3n) is 13.9. The molecule has 0 aromatic carbocycles. The standard InChI is InChI=1S/C34H56N2O5/c1-20(2)21(3)30(5)13-14-32(7)23-9-10-26-31(6)18-40-19-34(26,17-25(36-22(4)37)28(31)41-16-15-35)24(23)11-12-33(32,8)27(30)29(38)39/h11,20-21,23,25-28H,9-10,12-19,35H2,1-8H3,(H,36,37)(H,38,39)/t21-,23+,25-,26+,27-,28+,30-,31+,32-,33+,34+/m1/s1. The maximum Gasteiger partial charge on any atom is 0.307 e. The van der Waals surface area contributed by atoms with Gasteiger partial charge < -0.3 is 25.6 Å². The molecule has 4 fully saturated rings. The number of carbonyl (C=O) groups is 2. The van der Waals surface area contributed by atoms with Gasteiger partial charge in [0.2, 0.25) is 5.91 Å². The smallest absolute Gasteiger partial charge is 0.307 e. The first-order valence-corrected chi connectivity index (χ1v) is 16.2. The van der Waals surface area contributed by atoms with E-state index < -0.39 is 11.9 Å². The monoisotopic (exact) mass is 572 g/mol. The van der Waals surface area contributed by atoms with Crippen LogP contribution >= 0.6 is 0 Å². The molecule has 4 N–H and O–H groups in total. The summed E-state index contributed by atoms with van der Waals surface area (Å²) in [5, 5.41) is 14.2. The van der Waals surface area contributed by atoms with Crippen molar-refractivity contribution < 1.29 is 24.2 Å². The Morgan fingerprint density at radius 3 is 2.44 bits per heavy atom. The fourth-order valence-corrected chi connectivity index (χ4v) is 11.5. The van der Waals surface area contributed by atoms with Gasteiger partial charge in [-0.25, -0.2) is 0 Å². The zero-order valence-corrected chi connectivity index (χ0v) is 26.8. The van der Waals surface area contributed by atoms with Gasteiger partial charge >= 0.3 is 5.97 Å². The molecule has 4 aliphatic carbocycles. The topological polar surface area (TPSA) is 111 Å². The first-order chi connectivity index (χ1) is 19.1. The Labute approximate surface area is 247 Å². The largest absolute Gasteiger partial charge is 0.481 e. The van der Waals surface area contributed by atoms with Crippen molar-refractivity contribution in [1.29, 1.82) is 0 Å². The minimum absolute atomic E-state index is 0.0338. The van der Waals surface area contributed by atoms with Gasteiger partial charge in [-0.1, -0.05) is 60.1 Å². The quantitative estimate of drug-likeness (QED) is 0.351. The van der Waals surface area contributed by atoms with Crippen molar-refractivity contribution in [2.45, 2.75) is 106 Å². The number of hydrogen-bond acceptors (Lipinski definition) is 5. The normalized spacial score (nSPS) is 47.9. The van der Waals surface area contributed by atoms with Crippen molar-refractivity contribution >= 4 is 11.9 Å². The lowest BCUT2D eigenvalue weighted by atomic mass is 9.34. The first kappa shape index (κ1) is 31.0. The Kier molecular flexibility index (Phi) is 7.81. The predicted molar refractivity (Wildman–Crippen MR) is 160 cm³/mol. The molecule has 7 nitrogen and oxygen atoms in total. The van der Waals surface area contributed by atoms with Crippen LogP contribution in [0.1, 0.15) is 93.9 Å². The Morgan fingerprint density at radius 1 is 1.12 bits per heavy atom. The number of nitrogens with one attached hydrogen (secondary N) is 1. The summed E-state index contributed by atoms with van der Waals surface area (Å²) < 4.78 is 12.9. The molecule has 41 heavy (non-hydrogen) atoms. The zero-order valence-electron chi connectivity index (χ0n) is 26.8. The molecule has 0 aromatic heterocycles. The van der Waals surface area contributed by atoms with Crippen LogP contribution in [0.25, 0.3) is 0 Å². The molecule has 5 aliphatic rings. The van der Waals surface area contributed by atoms with Gasteiger partial charge in [0.05, 0.1) is 37.9 Å². The van der Waals surface area contributed by atoms with Crippen LogP contribution in [0.3, 0.4) is 0 Å². The van der Waals surface area contributed by atoms with Crippen LogP contribution in [0.15, 0.2) is 11.6 Å². The van der Waals surface area contributed by atoms with Gasteiger partial charge in [-0.3, -0.25) is 9.59 Å². The Bertz CT molecular complexity index is 1090. The average molecular weight is 573 g/mol. The number of amides is 1. The van der Waals surface area contributed by atoms with Gasteiger partial charge in [0.1, 0.15) is 0 Å². The van der Waals surface area contributed by atoms with E-state index in [2.05, 4.69) is 59.9 Å². The van der Waals surface area contributed by atoms with Crippen LogP contribution < -0.4 is 11.1 Å². The van der Waals surface area contributed by atoms with E-state index in [-0.39, 0.29) is 45.1 Å².